The lowest BCUT2D eigenvalue weighted by Crippen LogP contribution is -2.38. The van der Waals surface area contributed by atoms with Crippen molar-refractivity contribution < 1.29 is 4.74 Å². The number of nitrogens with one attached hydrogen (secondary N) is 1. The quantitative estimate of drug-likeness (QED) is 0.828. The first-order valence-corrected chi connectivity index (χ1v) is 9.15. The molecule has 25 heavy (non-hydrogen) atoms. The van der Waals surface area contributed by atoms with Crippen molar-refractivity contribution in [2.75, 3.05) is 31.2 Å². The Hall–Kier alpha value is -1.86. The minimum Gasteiger partial charge on any atom is -0.378 e. The summed E-state index contributed by atoms with van der Waals surface area (Å²) < 4.78 is 9.52. The summed E-state index contributed by atoms with van der Waals surface area (Å²) in [6.07, 6.45) is 3.82. The number of aromatic nitrogens is 4. The molecule has 1 N–H and O–H groups in total. The van der Waals surface area contributed by atoms with Gasteiger partial charge < -0.3 is 15.0 Å². The molecule has 1 aliphatic heterocycles. The van der Waals surface area contributed by atoms with Gasteiger partial charge in [0, 0.05) is 50.7 Å². The summed E-state index contributed by atoms with van der Waals surface area (Å²) in [7, 11) is 2.05. The Balaban J connectivity index is 1.75. The van der Waals surface area contributed by atoms with Gasteiger partial charge in [-0.3, -0.25) is 9.36 Å². The number of aryl methyl sites for hydroxylation is 1. The zero-order valence-electron chi connectivity index (χ0n) is 15.8. The van der Waals surface area contributed by atoms with Crippen LogP contribution in [0.1, 0.15) is 37.9 Å². The summed E-state index contributed by atoms with van der Waals surface area (Å²) in [4.78, 5) is 2.40. The second-order valence-electron chi connectivity index (χ2n) is 7.08. The maximum Gasteiger partial charge on any atom is 0.131 e. The topological polar surface area (TPSA) is 60.1 Å². The number of ether oxygens (including phenoxy) is 1. The van der Waals surface area contributed by atoms with Crippen molar-refractivity contribution in [2.45, 2.75) is 45.8 Å². The Morgan fingerprint density at radius 2 is 2.00 bits per heavy atom. The van der Waals surface area contributed by atoms with Crippen LogP contribution < -0.4 is 10.2 Å². The fourth-order valence-corrected chi connectivity index (χ4v) is 3.41. The van der Waals surface area contributed by atoms with Gasteiger partial charge in [-0.1, -0.05) is 13.8 Å². The van der Waals surface area contributed by atoms with Crippen molar-refractivity contribution in [2.24, 2.45) is 7.05 Å². The highest BCUT2D eigenvalue weighted by molar-refractivity contribution is 5.51. The lowest BCUT2D eigenvalue weighted by molar-refractivity contribution is 0.122. The van der Waals surface area contributed by atoms with E-state index in [0.29, 0.717) is 12.0 Å². The molecule has 7 heteroatoms. The second kappa shape index (κ2) is 8.01. The van der Waals surface area contributed by atoms with Crippen LogP contribution in [0.15, 0.2) is 18.5 Å². The molecule has 7 nitrogen and oxygen atoms in total. The van der Waals surface area contributed by atoms with Gasteiger partial charge >= 0.3 is 0 Å². The highest BCUT2D eigenvalue weighted by Gasteiger charge is 2.24. The van der Waals surface area contributed by atoms with Gasteiger partial charge in [0.25, 0.3) is 0 Å². The predicted octanol–water partition coefficient (Wildman–Crippen LogP) is 1.75. The van der Waals surface area contributed by atoms with E-state index in [1.54, 1.807) is 0 Å². The van der Waals surface area contributed by atoms with Gasteiger partial charge in [0.15, 0.2) is 0 Å². The predicted molar refractivity (Wildman–Crippen MR) is 98.9 cm³/mol. The van der Waals surface area contributed by atoms with E-state index in [-0.39, 0.29) is 0 Å². The number of hydrogen-bond donors (Lipinski definition) is 1. The average Bonchev–Trinajstić information content (AvgIpc) is 3.21. The van der Waals surface area contributed by atoms with E-state index in [2.05, 4.69) is 36.1 Å². The van der Waals surface area contributed by atoms with E-state index < -0.39 is 0 Å². The van der Waals surface area contributed by atoms with Crippen LogP contribution in [0.4, 0.5) is 5.82 Å². The van der Waals surface area contributed by atoms with Gasteiger partial charge in [0.05, 0.1) is 25.5 Å². The van der Waals surface area contributed by atoms with E-state index in [0.717, 1.165) is 39.4 Å². The third kappa shape index (κ3) is 4.22. The van der Waals surface area contributed by atoms with Crippen LogP contribution in [0.3, 0.4) is 0 Å². The van der Waals surface area contributed by atoms with Crippen LogP contribution in [0.2, 0.25) is 0 Å². The lowest BCUT2D eigenvalue weighted by atomic mass is 10.0. The summed E-state index contributed by atoms with van der Waals surface area (Å²) >= 11 is 0. The van der Waals surface area contributed by atoms with E-state index in [9.17, 15) is 0 Å². The summed E-state index contributed by atoms with van der Waals surface area (Å²) in [6.45, 7) is 11.7. The molecule has 3 heterocycles. The molecule has 0 radical (unpaired) electrons. The lowest BCUT2D eigenvalue weighted by Gasteiger charge is -2.30. The Morgan fingerprint density at radius 3 is 2.64 bits per heavy atom. The molecule has 0 aromatic carbocycles. The van der Waals surface area contributed by atoms with Crippen molar-refractivity contribution in [3.63, 3.8) is 0 Å². The highest BCUT2D eigenvalue weighted by Crippen LogP contribution is 2.29. The number of anilines is 1. The minimum atomic E-state index is 0.331. The van der Waals surface area contributed by atoms with Crippen LogP contribution in [-0.4, -0.2) is 51.9 Å². The summed E-state index contributed by atoms with van der Waals surface area (Å²) in [5, 5.41) is 12.8. The summed E-state index contributed by atoms with van der Waals surface area (Å²) in [6, 6.07) is 2.29. The van der Waals surface area contributed by atoms with Crippen LogP contribution >= 0.6 is 0 Å². The van der Waals surface area contributed by atoms with Gasteiger partial charge in [-0.15, -0.1) is 0 Å². The van der Waals surface area contributed by atoms with Gasteiger partial charge in [-0.05, 0) is 18.9 Å². The first-order chi connectivity index (χ1) is 12.1. The van der Waals surface area contributed by atoms with Crippen LogP contribution in [0.25, 0.3) is 0 Å². The monoisotopic (exact) mass is 346 g/mol. The number of rotatable bonds is 7. The second-order valence-corrected chi connectivity index (χ2v) is 7.08. The molecule has 2 aromatic heterocycles. The number of morpholine rings is 1. The maximum absolute atomic E-state index is 5.52. The van der Waals surface area contributed by atoms with Gasteiger partial charge in [0.1, 0.15) is 5.82 Å². The molecule has 1 fully saturated rings. The SMILES string of the molecule is CC(C)c1nn(C)c(N2CCOCC2)c1CN[C@@H](C)Cn1cccn1. The smallest absolute Gasteiger partial charge is 0.131 e. The van der Waals surface area contributed by atoms with E-state index in [4.69, 9.17) is 9.84 Å². The van der Waals surface area contributed by atoms with E-state index in [1.807, 2.05) is 34.9 Å². The fraction of sp³-hybridized carbons (Fsp3) is 0.667. The molecule has 0 unspecified atom stereocenters. The van der Waals surface area contributed by atoms with Crippen LogP contribution in [0, 0.1) is 0 Å². The Bertz CT molecular complexity index is 657. The van der Waals surface area contributed by atoms with Gasteiger partial charge in [0.2, 0.25) is 0 Å². The highest BCUT2D eigenvalue weighted by atomic mass is 16.5. The zero-order chi connectivity index (χ0) is 17.8. The largest absolute Gasteiger partial charge is 0.378 e. The molecule has 138 valence electrons. The normalized spacial score (nSPS) is 16.6. The van der Waals surface area contributed by atoms with Gasteiger partial charge in [-0.25, -0.2) is 0 Å². The first-order valence-electron chi connectivity index (χ1n) is 9.15. The van der Waals surface area contributed by atoms with Crippen LogP contribution in [-0.2, 0) is 24.9 Å². The fourth-order valence-electron chi connectivity index (χ4n) is 3.41. The molecule has 2 aromatic rings. The number of hydrogen-bond acceptors (Lipinski definition) is 5. The molecular formula is C18H30N6O. The Morgan fingerprint density at radius 1 is 1.24 bits per heavy atom. The molecule has 0 amide bonds. The zero-order valence-corrected chi connectivity index (χ0v) is 15.8. The van der Waals surface area contributed by atoms with Gasteiger partial charge in [-0.2, -0.15) is 10.2 Å². The molecule has 1 atom stereocenters. The third-order valence-corrected chi connectivity index (χ3v) is 4.65. The average molecular weight is 346 g/mol. The molecule has 0 spiro atoms. The molecule has 1 saturated heterocycles. The van der Waals surface area contributed by atoms with E-state index >= 15 is 0 Å². The van der Waals surface area contributed by atoms with Crippen LogP contribution in [0.5, 0.6) is 0 Å². The summed E-state index contributed by atoms with van der Waals surface area (Å²) in [5.41, 5.74) is 2.49. The molecule has 1 aliphatic rings. The van der Waals surface area contributed by atoms with Crippen molar-refractivity contribution in [1.29, 1.82) is 0 Å². The van der Waals surface area contributed by atoms with E-state index in [1.165, 1.54) is 17.1 Å². The van der Waals surface area contributed by atoms with Crippen molar-refractivity contribution >= 4 is 5.82 Å². The Labute approximate surface area is 149 Å². The molecule has 3 rings (SSSR count). The third-order valence-electron chi connectivity index (χ3n) is 4.65. The van der Waals surface area contributed by atoms with Crippen molar-refractivity contribution in [3.05, 3.63) is 29.7 Å². The number of nitrogens with zero attached hydrogens (tertiary/aromatic N) is 5. The van der Waals surface area contributed by atoms with Crippen molar-refractivity contribution in [1.82, 2.24) is 24.9 Å². The molecular weight excluding hydrogens is 316 g/mol. The molecule has 0 saturated carbocycles. The Kier molecular flexibility index (Phi) is 5.75. The first kappa shape index (κ1) is 17.9. The van der Waals surface area contributed by atoms with Crippen molar-refractivity contribution in [3.8, 4) is 0 Å². The maximum atomic E-state index is 5.52. The molecule has 0 aliphatic carbocycles. The minimum absolute atomic E-state index is 0.331. The molecule has 0 bridgehead atoms. The summed E-state index contributed by atoms with van der Waals surface area (Å²) in [5.74, 6) is 1.63. The standard InChI is InChI=1S/C18H30N6O/c1-14(2)17-16(12-19-15(3)13-24-7-5-6-20-24)18(22(4)21-17)23-8-10-25-11-9-23/h5-7,14-15,19H,8-13H2,1-4H3/t15-/m0/s1.